The molecule has 0 unspecified atom stereocenters. The zero-order valence-electron chi connectivity index (χ0n) is 5.94. The molecule has 0 aliphatic heterocycles. The molecule has 0 aromatic carbocycles. The molecule has 0 radical (unpaired) electrons. The average molecular weight is 216 g/mol. The second-order valence-electron chi connectivity index (χ2n) is 2.44. The molecule has 0 aromatic heterocycles. The Balaban J connectivity index is 4.25. The number of rotatable bonds is 2. The molecule has 13 heavy (non-hydrogen) atoms. The normalized spacial score (nSPS) is 14.8. The summed E-state index contributed by atoms with van der Waals surface area (Å²) in [6.07, 6.45) is -16.1. The quantitative estimate of drug-likeness (QED) is 0.619. The Labute approximate surface area is 67.5 Å². The van der Waals surface area contributed by atoms with Crippen molar-refractivity contribution in [3.8, 4) is 0 Å². The number of halogens is 8. The lowest BCUT2D eigenvalue weighted by molar-refractivity contribution is -0.229. The van der Waals surface area contributed by atoms with Crippen LogP contribution in [0.2, 0.25) is 0 Å². The van der Waals surface area contributed by atoms with Crippen LogP contribution in [0, 0.1) is 0 Å². The molecule has 0 nitrogen and oxygen atoms in total. The Kier molecular flexibility index (Phi) is 3.16. The summed E-state index contributed by atoms with van der Waals surface area (Å²) in [5.74, 6) is -4.78. The van der Waals surface area contributed by atoms with Crippen LogP contribution in [0.1, 0.15) is 12.8 Å². The summed E-state index contributed by atoms with van der Waals surface area (Å²) in [4.78, 5) is 0. The average Bonchev–Trinajstić information content (AvgIpc) is 1.43. The van der Waals surface area contributed by atoms with Gasteiger partial charge >= 0.3 is 12.4 Å². The highest BCUT2D eigenvalue weighted by Gasteiger charge is 2.50. The van der Waals surface area contributed by atoms with Gasteiger partial charge in [-0.1, -0.05) is 0 Å². The largest absolute Gasteiger partial charge is 0.394 e. The van der Waals surface area contributed by atoms with Crippen LogP contribution in [0.25, 0.3) is 0 Å². The summed E-state index contributed by atoms with van der Waals surface area (Å²) in [7, 11) is 0. The van der Waals surface area contributed by atoms with E-state index in [0.29, 0.717) is 0 Å². The van der Waals surface area contributed by atoms with Gasteiger partial charge in [0.25, 0.3) is 5.92 Å². The third-order valence-electron chi connectivity index (χ3n) is 0.918. The van der Waals surface area contributed by atoms with Crippen LogP contribution in [-0.2, 0) is 0 Å². The van der Waals surface area contributed by atoms with E-state index in [0.717, 1.165) is 0 Å². The lowest BCUT2D eigenvalue weighted by Gasteiger charge is -2.19. The highest BCUT2D eigenvalue weighted by Crippen LogP contribution is 2.39. The molecule has 80 valence electrons. The highest BCUT2D eigenvalue weighted by molar-refractivity contribution is 4.74. The summed E-state index contributed by atoms with van der Waals surface area (Å²) >= 11 is 0. The molecule has 0 spiro atoms. The molecule has 0 saturated carbocycles. The second-order valence-corrected chi connectivity index (χ2v) is 2.44. The third-order valence-corrected chi connectivity index (χ3v) is 0.918. The van der Waals surface area contributed by atoms with E-state index < -0.39 is 31.1 Å². The minimum atomic E-state index is -5.30. The minimum absolute atomic E-state index is 2.75. The van der Waals surface area contributed by atoms with Gasteiger partial charge in [0.1, 0.15) is 12.8 Å². The van der Waals surface area contributed by atoms with Gasteiger partial charge in [-0.3, -0.25) is 0 Å². The van der Waals surface area contributed by atoms with Crippen molar-refractivity contribution in [1.82, 2.24) is 0 Å². The van der Waals surface area contributed by atoms with Crippen molar-refractivity contribution >= 4 is 0 Å². The SMILES string of the molecule is FC(F)(F)CC(F)(F)CC(F)(F)F. The van der Waals surface area contributed by atoms with E-state index in [1.165, 1.54) is 0 Å². The van der Waals surface area contributed by atoms with Gasteiger partial charge < -0.3 is 0 Å². The predicted octanol–water partition coefficient (Wildman–Crippen LogP) is 3.53. The van der Waals surface area contributed by atoms with Crippen molar-refractivity contribution in [3.63, 3.8) is 0 Å². The smallest absolute Gasteiger partial charge is 0.206 e. The van der Waals surface area contributed by atoms with Crippen LogP contribution in [0.15, 0.2) is 0 Å². The van der Waals surface area contributed by atoms with Crippen LogP contribution in [0.4, 0.5) is 35.1 Å². The fourth-order valence-corrected chi connectivity index (χ4v) is 0.649. The van der Waals surface area contributed by atoms with Gasteiger partial charge in [-0.05, 0) is 0 Å². The van der Waals surface area contributed by atoms with Gasteiger partial charge in [-0.2, -0.15) is 26.3 Å². The maximum absolute atomic E-state index is 12.0. The van der Waals surface area contributed by atoms with Crippen LogP contribution in [0.3, 0.4) is 0 Å². The summed E-state index contributed by atoms with van der Waals surface area (Å²) in [5, 5.41) is 0. The Hall–Kier alpha value is -0.560. The zero-order chi connectivity index (χ0) is 10.9. The van der Waals surface area contributed by atoms with Crippen molar-refractivity contribution in [2.45, 2.75) is 31.1 Å². The molecule has 0 fully saturated rings. The molecule has 0 aliphatic carbocycles. The minimum Gasteiger partial charge on any atom is -0.206 e. The molecule has 0 rings (SSSR count). The molecule has 0 aliphatic rings. The van der Waals surface area contributed by atoms with Gasteiger partial charge in [0.05, 0.1) is 0 Å². The lowest BCUT2D eigenvalue weighted by Crippen LogP contribution is -2.31. The Bertz CT molecular complexity index is 144. The zero-order valence-corrected chi connectivity index (χ0v) is 5.94. The second kappa shape index (κ2) is 3.30. The molecule has 0 bridgehead atoms. The molecular weight excluding hydrogens is 212 g/mol. The molecule has 8 heteroatoms. The molecule has 0 aromatic rings. The first kappa shape index (κ1) is 12.4. The number of hydrogen-bond donors (Lipinski definition) is 0. The number of alkyl halides is 8. The summed E-state index contributed by atoms with van der Waals surface area (Å²) in [6.45, 7) is 0. The van der Waals surface area contributed by atoms with Gasteiger partial charge in [0, 0.05) is 0 Å². The first-order valence-electron chi connectivity index (χ1n) is 2.93. The van der Waals surface area contributed by atoms with E-state index in [4.69, 9.17) is 0 Å². The standard InChI is InChI=1S/C5H4F8/c6-3(7,1-4(8,9)10)2-5(11,12)13/h1-2H2. The van der Waals surface area contributed by atoms with Gasteiger partial charge in [-0.25, -0.2) is 8.78 Å². The van der Waals surface area contributed by atoms with Gasteiger partial charge in [0.15, 0.2) is 0 Å². The van der Waals surface area contributed by atoms with E-state index >= 15 is 0 Å². The lowest BCUT2D eigenvalue weighted by atomic mass is 10.1. The molecule has 0 saturated heterocycles. The molecule has 0 heterocycles. The van der Waals surface area contributed by atoms with E-state index in [2.05, 4.69) is 0 Å². The Morgan fingerprint density at radius 2 is 0.769 bits per heavy atom. The van der Waals surface area contributed by atoms with Crippen LogP contribution >= 0.6 is 0 Å². The highest BCUT2D eigenvalue weighted by atomic mass is 19.4. The maximum atomic E-state index is 12.0. The monoisotopic (exact) mass is 216 g/mol. The van der Waals surface area contributed by atoms with E-state index in [-0.39, 0.29) is 0 Å². The first-order valence-corrected chi connectivity index (χ1v) is 2.93. The van der Waals surface area contributed by atoms with Crippen molar-refractivity contribution < 1.29 is 35.1 Å². The van der Waals surface area contributed by atoms with Crippen molar-refractivity contribution in [2.75, 3.05) is 0 Å². The molecule has 0 amide bonds. The van der Waals surface area contributed by atoms with Crippen molar-refractivity contribution in [3.05, 3.63) is 0 Å². The van der Waals surface area contributed by atoms with Crippen LogP contribution in [0.5, 0.6) is 0 Å². The Morgan fingerprint density at radius 3 is 0.923 bits per heavy atom. The van der Waals surface area contributed by atoms with E-state index in [1.54, 1.807) is 0 Å². The topological polar surface area (TPSA) is 0 Å². The van der Waals surface area contributed by atoms with E-state index in [9.17, 15) is 35.1 Å². The molecule has 0 N–H and O–H groups in total. The summed E-state index contributed by atoms with van der Waals surface area (Å²) < 4.78 is 91.6. The molecular formula is C5H4F8. The Morgan fingerprint density at radius 1 is 0.538 bits per heavy atom. The molecule has 0 atom stereocenters. The predicted molar refractivity (Wildman–Crippen MR) is 26.3 cm³/mol. The third kappa shape index (κ3) is 7.79. The van der Waals surface area contributed by atoms with Crippen molar-refractivity contribution in [1.29, 1.82) is 0 Å². The van der Waals surface area contributed by atoms with Crippen LogP contribution < -0.4 is 0 Å². The summed E-state index contributed by atoms with van der Waals surface area (Å²) in [6, 6.07) is 0. The van der Waals surface area contributed by atoms with Crippen LogP contribution in [-0.4, -0.2) is 18.3 Å². The van der Waals surface area contributed by atoms with Gasteiger partial charge in [0.2, 0.25) is 0 Å². The fraction of sp³-hybridized carbons (Fsp3) is 1.00. The number of hydrogen-bond acceptors (Lipinski definition) is 0. The van der Waals surface area contributed by atoms with E-state index in [1.807, 2.05) is 0 Å². The van der Waals surface area contributed by atoms with Gasteiger partial charge in [-0.15, -0.1) is 0 Å². The fourth-order valence-electron chi connectivity index (χ4n) is 0.649. The first-order chi connectivity index (χ1) is 5.41. The maximum Gasteiger partial charge on any atom is 0.394 e. The summed E-state index contributed by atoms with van der Waals surface area (Å²) in [5.41, 5.74) is 0. The van der Waals surface area contributed by atoms with Crippen molar-refractivity contribution in [2.24, 2.45) is 0 Å².